The largest absolute Gasteiger partial charge is 0.462 e. The normalized spacial score (nSPS) is 12.6. The van der Waals surface area contributed by atoms with Crippen LogP contribution >= 0.6 is 0 Å². The molecule has 0 aromatic heterocycles. The summed E-state index contributed by atoms with van der Waals surface area (Å²) >= 11 is 0. The van der Waals surface area contributed by atoms with Crippen molar-refractivity contribution in [2.45, 2.75) is 290 Å². The van der Waals surface area contributed by atoms with E-state index in [0.717, 1.165) is 103 Å². The Labute approximate surface area is 421 Å². The zero-order valence-electron chi connectivity index (χ0n) is 44.9. The number of unbranched alkanes of at least 4 members (excludes halogenated alkanes) is 29. The van der Waals surface area contributed by atoms with E-state index in [0.29, 0.717) is 19.3 Å². The van der Waals surface area contributed by atoms with Gasteiger partial charge in [-0.1, -0.05) is 254 Å². The maximum Gasteiger partial charge on any atom is 0.306 e. The highest BCUT2D eigenvalue weighted by Gasteiger charge is 2.19. The Kier molecular flexibility index (Phi) is 53.8. The lowest BCUT2D eigenvalue weighted by atomic mass is 10.0. The van der Waals surface area contributed by atoms with Crippen molar-refractivity contribution in [2.24, 2.45) is 0 Å². The third-order valence-corrected chi connectivity index (χ3v) is 12.4. The van der Waals surface area contributed by atoms with Crippen molar-refractivity contribution in [3.8, 4) is 0 Å². The van der Waals surface area contributed by atoms with Gasteiger partial charge in [-0.25, -0.2) is 0 Å². The number of allylic oxidation sites excluding steroid dienone is 12. The summed E-state index contributed by atoms with van der Waals surface area (Å²) in [5, 5.41) is 0. The second kappa shape index (κ2) is 56.4. The molecular weight excluding hydrogens is 841 g/mol. The summed E-state index contributed by atoms with van der Waals surface area (Å²) in [5.41, 5.74) is 0. The number of carbonyl (C=O) groups is 3. The molecule has 0 saturated carbocycles. The molecule has 1 unspecified atom stereocenters. The van der Waals surface area contributed by atoms with Gasteiger partial charge in [0.2, 0.25) is 0 Å². The van der Waals surface area contributed by atoms with Crippen LogP contribution in [0, 0.1) is 0 Å². The lowest BCUT2D eigenvalue weighted by molar-refractivity contribution is -0.167. The SMILES string of the molecule is CC/C=C\C/C=C\C/C=C\C/C=C\C/C=C\CCCCCCCCCCCCCCCCCC(=O)OCC(COC(=O)CCCCCCCCCC)OC(=O)CCCCCCC/C=C\CCCC. The third-order valence-electron chi connectivity index (χ3n) is 12.4. The molecular formula is C62H108O6. The van der Waals surface area contributed by atoms with Crippen molar-refractivity contribution in [1.82, 2.24) is 0 Å². The molecule has 0 fully saturated rings. The van der Waals surface area contributed by atoms with Gasteiger partial charge in [0.1, 0.15) is 13.2 Å². The number of rotatable bonds is 52. The summed E-state index contributed by atoms with van der Waals surface area (Å²) in [4.78, 5) is 37.9. The van der Waals surface area contributed by atoms with Crippen LogP contribution in [0.4, 0.5) is 0 Å². The van der Waals surface area contributed by atoms with E-state index in [9.17, 15) is 14.4 Å². The van der Waals surface area contributed by atoms with E-state index < -0.39 is 6.10 Å². The van der Waals surface area contributed by atoms with Gasteiger partial charge in [0.05, 0.1) is 0 Å². The van der Waals surface area contributed by atoms with Crippen LogP contribution in [0.25, 0.3) is 0 Å². The minimum absolute atomic E-state index is 0.0753. The lowest BCUT2D eigenvalue weighted by Crippen LogP contribution is -2.30. The minimum Gasteiger partial charge on any atom is -0.462 e. The zero-order valence-corrected chi connectivity index (χ0v) is 44.9. The summed E-state index contributed by atoms with van der Waals surface area (Å²) in [7, 11) is 0. The Bertz CT molecular complexity index is 1270. The number of hydrogen-bond donors (Lipinski definition) is 0. The molecule has 0 aromatic carbocycles. The van der Waals surface area contributed by atoms with Crippen LogP contribution in [0.3, 0.4) is 0 Å². The summed E-state index contributed by atoms with van der Waals surface area (Å²) < 4.78 is 16.8. The van der Waals surface area contributed by atoms with Gasteiger partial charge in [-0.15, -0.1) is 0 Å². The summed E-state index contributed by atoms with van der Waals surface area (Å²) in [6, 6.07) is 0. The van der Waals surface area contributed by atoms with E-state index in [1.165, 1.54) is 141 Å². The maximum absolute atomic E-state index is 12.7. The van der Waals surface area contributed by atoms with E-state index in [-0.39, 0.29) is 31.1 Å². The zero-order chi connectivity index (χ0) is 49.3. The van der Waals surface area contributed by atoms with Gasteiger partial charge in [0.15, 0.2) is 6.10 Å². The minimum atomic E-state index is -0.773. The lowest BCUT2D eigenvalue weighted by Gasteiger charge is -2.18. The molecule has 0 aromatic rings. The van der Waals surface area contributed by atoms with E-state index in [4.69, 9.17) is 14.2 Å². The highest BCUT2D eigenvalue weighted by atomic mass is 16.6. The molecule has 6 heteroatoms. The Hall–Kier alpha value is -3.15. The fourth-order valence-electron chi connectivity index (χ4n) is 8.10. The average Bonchev–Trinajstić information content (AvgIpc) is 3.34. The molecule has 0 heterocycles. The molecule has 0 aliphatic rings. The smallest absolute Gasteiger partial charge is 0.306 e. The van der Waals surface area contributed by atoms with Crippen LogP contribution in [-0.4, -0.2) is 37.2 Å². The first-order valence-electron chi connectivity index (χ1n) is 28.9. The van der Waals surface area contributed by atoms with E-state index in [2.05, 4.69) is 93.7 Å². The van der Waals surface area contributed by atoms with Crippen LogP contribution in [0.5, 0.6) is 0 Å². The summed E-state index contributed by atoms with van der Waals surface area (Å²) in [5.74, 6) is -0.883. The second-order valence-corrected chi connectivity index (χ2v) is 19.2. The Balaban J connectivity index is 4.03. The second-order valence-electron chi connectivity index (χ2n) is 19.2. The molecule has 6 nitrogen and oxygen atoms in total. The van der Waals surface area contributed by atoms with Crippen molar-refractivity contribution in [3.05, 3.63) is 72.9 Å². The van der Waals surface area contributed by atoms with E-state index >= 15 is 0 Å². The van der Waals surface area contributed by atoms with Crippen LogP contribution in [0.1, 0.15) is 284 Å². The predicted molar refractivity (Wildman–Crippen MR) is 293 cm³/mol. The fraction of sp³-hybridized carbons (Fsp3) is 0.758. The van der Waals surface area contributed by atoms with Gasteiger partial charge < -0.3 is 14.2 Å². The van der Waals surface area contributed by atoms with Crippen LogP contribution in [0.2, 0.25) is 0 Å². The molecule has 392 valence electrons. The van der Waals surface area contributed by atoms with Crippen LogP contribution in [-0.2, 0) is 28.6 Å². The topological polar surface area (TPSA) is 78.9 Å². The van der Waals surface area contributed by atoms with Crippen LogP contribution in [0.15, 0.2) is 72.9 Å². The van der Waals surface area contributed by atoms with Crippen molar-refractivity contribution in [2.75, 3.05) is 13.2 Å². The standard InChI is InChI=1S/C62H108O6/c1-4-7-10-13-16-19-21-22-23-24-25-26-27-28-29-30-31-32-33-34-35-36-37-38-39-40-42-43-46-49-52-55-61(64)67-58-59(57-66-60(63)54-51-48-45-18-15-12-9-6-3)68-62(65)56-53-50-47-44-41-20-17-14-11-8-5-2/h7,10,14,16-17,19,22-23,25-26,28-29,59H,4-6,8-9,11-13,15,18,20-21,24,27,30-58H2,1-3H3/b10-7-,17-14-,19-16-,23-22-,26-25-,29-28-. The molecule has 0 aliphatic carbocycles. The molecule has 0 aliphatic heterocycles. The highest BCUT2D eigenvalue weighted by molar-refractivity contribution is 5.71. The molecule has 1 atom stereocenters. The number of esters is 3. The first kappa shape index (κ1) is 64.8. The van der Waals surface area contributed by atoms with Gasteiger partial charge in [-0.2, -0.15) is 0 Å². The molecule has 0 spiro atoms. The number of carbonyl (C=O) groups excluding carboxylic acids is 3. The van der Waals surface area contributed by atoms with Crippen molar-refractivity contribution in [1.29, 1.82) is 0 Å². The molecule has 0 rings (SSSR count). The number of ether oxygens (including phenoxy) is 3. The highest BCUT2D eigenvalue weighted by Crippen LogP contribution is 2.16. The molecule has 0 saturated heterocycles. The Morgan fingerprint density at radius 2 is 0.588 bits per heavy atom. The third kappa shape index (κ3) is 53.8. The van der Waals surface area contributed by atoms with Gasteiger partial charge >= 0.3 is 17.9 Å². The van der Waals surface area contributed by atoms with Gasteiger partial charge in [-0.05, 0) is 83.5 Å². The molecule has 0 bridgehead atoms. The van der Waals surface area contributed by atoms with Gasteiger partial charge in [-0.3, -0.25) is 14.4 Å². The summed E-state index contributed by atoms with van der Waals surface area (Å²) in [6.07, 6.45) is 72.1. The average molecular weight is 950 g/mol. The Morgan fingerprint density at radius 3 is 0.956 bits per heavy atom. The monoisotopic (exact) mass is 949 g/mol. The van der Waals surface area contributed by atoms with Crippen molar-refractivity contribution < 1.29 is 28.6 Å². The van der Waals surface area contributed by atoms with Gasteiger partial charge in [0, 0.05) is 19.3 Å². The maximum atomic E-state index is 12.7. The molecule has 68 heavy (non-hydrogen) atoms. The quantitative estimate of drug-likeness (QED) is 0.0262. The Morgan fingerprint density at radius 1 is 0.309 bits per heavy atom. The van der Waals surface area contributed by atoms with Crippen molar-refractivity contribution in [3.63, 3.8) is 0 Å². The first-order valence-corrected chi connectivity index (χ1v) is 28.9. The predicted octanol–water partition coefficient (Wildman–Crippen LogP) is 19.4. The van der Waals surface area contributed by atoms with Gasteiger partial charge in [0.25, 0.3) is 0 Å². The van der Waals surface area contributed by atoms with E-state index in [1.807, 2.05) is 0 Å². The fourth-order valence-corrected chi connectivity index (χ4v) is 8.10. The molecule has 0 radical (unpaired) electrons. The molecule has 0 N–H and O–H groups in total. The van der Waals surface area contributed by atoms with E-state index in [1.54, 1.807) is 0 Å². The van der Waals surface area contributed by atoms with Crippen LogP contribution < -0.4 is 0 Å². The summed E-state index contributed by atoms with van der Waals surface area (Å²) in [6.45, 7) is 6.46. The first-order chi connectivity index (χ1) is 33.5. The number of hydrogen-bond acceptors (Lipinski definition) is 6. The molecule has 0 amide bonds. The van der Waals surface area contributed by atoms with Crippen molar-refractivity contribution >= 4 is 17.9 Å².